The van der Waals surface area contributed by atoms with Crippen LogP contribution in [-0.2, 0) is 4.79 Å². The quantitative estimate of drug-likeness (QED) is 0.721. The van der Waals surface area contributed by atoms with Crippen molar-refractivity contribution in [3.05, 3.63) is 23.3 Å². The van der Waals surface area contributed by atoms with Crippen molar-refractivity contribution < 1.29 is 4.79 Å². The second-order valence-corrected chi connectivity index (χ2v) is 4.82. The van der Waals surface area contributed by atoms with Gasteiger partial charge in [0.1, 0.15) is 6.04 Å². The highest BCUT2D eigenvalue weighted by atomic mass is 16.2. The minimum Gasteiger partial charge on any atom is -0.358 e. The molecule has 2 aliphatic heterocycles. The molecule has 0 radical (unpaired) electrons. The number of nitrogens with zero attached hydrogens (tertiary/aromatic N) is 1. The highest BCUT2D eigenvalue weighted by molar-refractivity contribution is 6.04. The van der Waals surface area contributed by atoms with Crippen LogP contribution in [0.25, 0.3) is 0 Å². The largest absolute Gasteiger partial charge is 0.358 e. The molecule has 0 aliphatic carbocycles. The molecule has 3 rings (SSSR count). The van der Waals surface area contributed by atoms with Crippen LogP contribution in [0.4, 0.5) is 11.4 Å². The number of carbonyl (C=O) groups excluding carboxylic acids is 1. The molecule has 1 aromatic rings. The van der Waals surface area contributed by atoms with Crippen molar-refractivity contribution in [1.82, 2.24) is 0 Å². The average molecular weight is 216 g/mol. The van der Waals surface area contributed by atoms with Gasteiger partial charge in [-0.15, -0.1) is 0 Å². The molecular weight excluding hydrogens is 200 g/mol. The molecule has 84 valence electrons. The zero-order chi connectivity index (χ0) is 11.3. The molecule has 2 heterocycles. The molecule has 1 saturated heterocycles. The number of hydrogen-bond acceptors (Lipinski definition) is 2. The molecule has 16 heavy (non-hydrogen) atoms. The summed E-state index contributed by atoms with van der Waals surface area (Å²) in [5.41, 5.74) is 4.64. The van der Waals surface area contributed by atoms with Crippen molar-refractivity contribution in [2.24, 2.45) is 0 Å². The molecule has 0 unspecified atom stereocenters. The van der Waals surface area contributed by atoms with Crippen LogP contribution in [0.1, 0.15) is 24.0 Å². The minimum atomic E-state index is 0.0636. The lowest BCUT2D eigenvalue weighted by molar-refractivity contribution is -0.117. The second kappa shape index (κ2) is 3.24. The first kappa shape index (κ1) is 9.70. The van der Waals surface area contributed by atoms with Gasteiger partial charge < -0.3 is 10.2 Å². The van der Waals surface area contributed by atoms with Crippen molar-refractivity contribution in [3.63, 3.8) is 0 Å². The number of amides is 1. The molecule has 1 atom stereocenters. The smallest absolute Gasteiger partial charge is 0.247 e. The van der Waals surface area contributed by atoms with E-state index in [1.165, 1.54) is 11.3 Å². The van der Waals surface area contributed by atoms with E-state index in [1.54, 1.807) is 0 Å². The van der Waals surface area contributed by atoms with E-state index < -0.39 is 0 Å². The van der Waals surface area contributed by atoms with Gasteiger partial charge in [-0.2, -0.15) is 0 Å². The van der Waals surface area contributed by atoms with Gasteiger partial charge in [-0.25, -0.2) is 0 Å². The van der Waals surface area contributed by atoms with Gasteiger partial charge in [0.15, 0.2) is 0 Å². The summed E-state index contributed by atoms with van der Waals surface area (Å²) in [6.07, 6.45) is 2.10. The van der Waals surface area contributed by atoms with Crippen molar-refractivity contribution in [2.75, 3.05) is 16.8 Å². The zero-order valence-corrected chi connectivity index (χ0v) is 9.71. The van der Waals surface area contributed by atoms with Gasteiger partial charge in [0, 0.05) is 6.54 Å². The minimum absolute atomic E-state index is 0.0636. The predicted octanol–water partition coefficient (Wildman–Crippen LogP) is 2.22. The van der Waals surface area contributed by atoms with E-state index in [9.17, 15) is 4.79 Å². The number of benzene rings is 1. The van der Waals surface area contributed by atoms with Crippen LogP contribution in [0.5, 0.6) is 0 Å². The summed E-state index contributed by atoms with van der Waals surface area (Å²) in [5.74, 6) is 0.164. The standard InChI is InChI=1S/C13H16N2O/c1-8-6-9(2)12-11(7-8)15-5-3-4-10(15)13(16)14-12/h6-7,10H,3-5H2,1-2H3,(H,14,16)/t10-/m0/s1. The Morgan fingerprint density at radius 3 is 3.00 bits per heavy atom. The number of hydrogen-bond donors (Lipinski definition) is 1. The Hall–Kier alpha value is -1.51. The summed E-state index contributed by atoms with van der Waals surface area (Å²) in [4.78, 5) is 14.2. The van der Waals surface area contributed by atoms with Gasteiger partial charge in [0.2, 0.25) is 5.91 Å². The van der Waals surface area contributed by atoms with Crippen molar-refractivity contribution >= 4 is 17.3 Å². The third kappa shape index (κ3) is 1.24. The Morgan fingerprint density at radius 1 is 1.38 bits per heavy atom. The monoisotopic (exact) mass is 216 g/mol. The first-order valence-electron chi connectivity index (χ1n) is 5.85. The first-order valence-corrected chi connectivity index (χ1v) is 5.85. The Morgan fingerprint density at radius 2 is 2.19 bits per heavy atom. The third-order valence-corrected chi connectivity index (χ3v) is 3.57. The van der Waals surface area contributed by atoms with Gasteiger partial charge in [-0.05, 0) is 43.9 Å². The number of rotatable bonds is 0. The number of anilines is 2. The summed E-state index contributed by atoms with van der Waals surface area (Å²) >= 11 is 0. The fourth-order valence-electron chi connectivity index (χ4n) is 2.87. The second-order valence-electron chi connectivity index (χ2n) is 4.82. The van der Waals surface area contributed by atoms with Crippen LogP contribution in [0, 0.1) is 13.8 Å². The maximum atomic E-state index is 11.9. The first-order chi connectivity index (χ1) is 7.66. The number of fused-ring (bicyclic) bond motifs is 3. The molecule has 1 N–H and O–H groups in total. The van der Waals surface area contributed by atoms with Crippen LogP contribution >= 0.6 is 0 Å². The van der Waals surface area contributed by atoms with Crippen LogP contribution < -0.4 is 10.2 Å². The molecule has 0 bridgehead atoms. The van der Waals surface area contributed by atoms with E-state index >= 15 is 0 Å². The van der Waals surface area contributed by atoms with Gasteiger partial charge in [0.05, 0.1) is 11.4 Å². The van der Waals surface area contributed by atoms with Crippen molar-refractivity contribution in [1.29, 1.82) is 0 Å². The lowest BCUT2D eigenvalue weighted by atomic mass is 10.0. The number of nitrogens with one attached hydrogen (secondary N) is 1. The van der Waals surface area contributed by atoms with Gasteiger partial charge in [-0.3, -0.25) is 4.79 Å². The van der Waals surface area contributed by atoms with Crippen molar-refractivity contribution in [2.45, 2.75) is 32.7 Å². The van der Waals surface area contributed by atoms with Crippen LogP contribution in [0.3, 0.4) is 0 Å². The van der Waals surface area contributed by atoms with Gasteiger partial charge in [-0.1, -0.05) is 6.07 Å². The average Bonchev–Trinajstić information content (AvgIpc) is 2.69. The summed E-state index contributed by atoms with van der Waals surface area (Å²) in [6, 6.07) is 4.36. The fourth-order valence-corrected chi connectivity index (χ4v) is 2.87. The van der Waals surface area contributed by atoms with E-state index in [0.717, 1.165) is 30.6 Å². The summed E-state index contributed by atoms with van der Waals surface area (Å²) in [6.45, 7) is 5.17. The summed E-state index contributed by atoms with van der Waals surface area (Å²) in [5, 5.41) is 3.05. The highest BCUT2D eigenvalue weighted by Crippen LogP contribution is 2.39. The Bertz CT molecular complexity index is 467. The van der Waals surface area contributed by atoms with E-state index in [4.69, 9.17) is 0 Å². The molecule has 1 aromatic carbocycles. The molecule has 0 aromatic heterocycles. The van der Waals surface area contributed by atoms with Crippen LogP contribution in [-0.4, -0.2) is 18.5 Å². The molecular formula is C13H16N2O. The number of aryl methyl sites for hydroxylation is 2. The Labute approximate surface area is 95.4 Å². The topological polar surface area (TPSA) is 32.3 Å². The zero-order valence-electron chi connectivity index (χ0n) is 9.71. The molecule has 3 nitrogen and oxygen atoms in total. The number of carbonyl (C=O) groups is 1. The maximum absolute atomic E-state index is 11.9. The maximum Gasteiger partial charge on any atom is 0.247 e. The predicted molar refractivity (Wildman–Crippen MR) is 64.9 cm³/mol. The van der Waals surface area contributed by atoms with E-state index in [-0.39, 0.29) is 11.9 Å². The Balaban J connectivity index is 2.17. The highest BCUT2D eigenvalue weighted by Gasteiger charge is 2.36. The van der Waals surface area contributed by atoms with Crippen LogP contribution in [0.15, 0.2) is 12.1 Å². The van der Waals surface area contributed by atoms with E-state index in [1.807, 2.05) is 0 Å². The molecule has 1 fully saturated rings. The summed E-state index contributed by atoms with van der Waals surface area (Å²) < 4.78 is 0. The summed E-state index contributed by atoms with van der Waals surface area (Å²) in [7, 11) is 0. The third-order valence-electron chi connectivity index (χ3n) is 3.57. The molecule has 0 saturated carbocycles. The van der Waals surface area contributed by atoms with Crippen molar-refractivity contribution in [3.8, 4) is 0 Å². The Kier molecular flexibility index (Phi) is 1.96. The van der Waals surface area contributed by atoms with E-state index in [0.29, 0.717) is 0 Å². The molecule has 1 amide bonds. The molecule has 3 heteroatoms. The fraction of sp³-hybridized carbons (Fsp3) is 0.462. The van der Waals surface area contributed by atoms with Gasteiger partial charge in [0.25, 0.3) is 0 Å². The van der Waals surface area contributed by atoms with Crippen LogP contribution in [0.2, 0.25) is 0 Å². The van der Waals surface area contributed by atoms with E-state index in [2.05, 4.69) is 36.2 Å². The molecule has 2 aliphatic rings. The SMILES string of the molecule is Cc1cc(C)c2c(c1)N1CCC[C@H]1C(=O)N2. The lowest BCUT2D eigenvalue weighted by Crippen LogP contribution is -2.44. The normalized spacial score (nSPS) is 22.8. The molecule has 0 spiro atoms. The van der Waals surface area contributed by atoms with Gasteiger partial charge >= 0.3 is 0 Å². The lowest BCUT2D eigenvalue weighted by Gasteiger charge is -2.34.